The van der Waals surface area contributed by atoms with Crippen molar-refractivity contribution in [1.29, 1.82) is 0 Å². The maximum atomic E-state index is 6.41. The molecule has 2 aliphatic heterocycles. The Kier molecular flexibility index (Phi) is 6.52. The van der Waals surface area contributed by atoms with Crippen molar-refractivity contribution in [2.75, 3.05) is 0 Å². The van der Waals surface area contributed by atoms with Crippen LogP contribution >= 0.6 is 0 Å². The number of hydrogen-bond donors (Lipinski definition) is 0. The molecule has 0 spiro atoms. The molecule has 0 saturated heterocycles. The second-order valence-electron chi connectivity index (χ2n) is 17.6. The molecule has 0 saturated carbocycles. The summed E-state index contributed by atoms with van der Waals surface area (Å²) in [6, 6.07) is 45.6. The van der Waals surface area contributed by atoms with Gasteiger partial charge in [-0.1, -0.05) is 75.4 Å². The fourth-order valence-electron chi connectivity index (χ4n) is 10.7. The van der Waals surface area contributed by atoms with E-state index in [1.807, 2.05) is 0 Å². The van der Waals surface area contributed by atoms with Gasteiger partial charge in [0.1, 0.15) is 11.2 Å². The van der Waals surface area contributed by atoms with Crippen molar-refractivity contribution < 1.29 is 13.6 Å². The molecule has 12 rings (SSSR count). The number of furan rings is 1. The lowest BCUT2D eigenvalue weighted by Crippen LogP contribution is -2.49. The van der Waals surface area contributed by atoms with Gasteiger partial charge in [0.05, 0.1) is 28.5 Å². The summed E-state index contributed by atoms with van der Waals surface area (Å²) in [5, 5.41) is 7.52. The molecule has 4 heteroatoms. The van der Waals surface area contributed by atoms with E-state index in [4.69, 9.17) is 11.0 Å². The molecule has 0 N–H and O–H groups in total. The second-order valence-corrected chi connectivity index (χ2v) is 17.6. The molecule has 7 heterocycles. The number of rotatable bonds is 1. The minimum atomic E-state index is 0.168. The number of pyridine rings is 2. The monoisotopic (exact) mass is 725 g/mol. The topological polar surface area (TPSA) is 25.3 Å². The summed E-state index contributed by atoms with van der Waals surface area (Å²) in [6.07, 6.45) is 8.47. The van der Waals surface area contributed by atoms with Crippen molar-refractivity contribution in [1.82, 2.24) is 4.40 Å². The Morgan fingerprint density at radius 1 is 0.696 bits per heavy atom. The Morgan fingerprint density at radius 2 is 1.52 bits per heavy atom. The molecule has 5 aromatic heterocycles. The number of para-hydroxylation sites is 2. The molecule has 0 radical (unpaired) electrons. The van der Waals surface area contributed by atoms with E-state index in [0.29, 0.717) is 5.92 Å². The van der Waals surface area contributed by atoms with Crippen LogP contribution in [-0.4, -0.2) is 4.40 Å². The molecule has 0 aliphatic carbocycles. The molecule has 4 nitrogen and oxygen atoms in total. The predicted octanol–water partition coefficient (Wildman–Crippen LogP) is 12.4. The molecule has 0 bridgehead atoms. The van der Waals surface area contributed by atoms with Crippen molar-refractivity contribution in [3.05, 3.63) is 157 Å². The zero-order valence-electron chi connectivity index (χ0n) is 32.1. The van der Waals surface area contributed by atoms with Gasteiger partial charge in [0.15, 0.2) is 24.1 Å². The van der Waals surface area contributed by atoms with Crippen LogP contribution in [0, 0.1) is 5.41 Å². The largest absolute Gasteiger partial charge is 0.456 e. The number of aryl methyl sites for hydroxylation is 1. The van der Waals surface area contributed by atoms with Gasteiger partial charge in [-0.25, -0.2) is 0 Å². The summed E-state index contributed by atoms with van der Waals surface area (Å²) in [5.41, 5.74) is 16.3. The predicted molar refractivity (Wildman–Crippen MR) is 229 cm³/mol. The third-order valence-corrected chi connectivity index (χ3v) is 12.9. The summed E-state index contributed by atoms with van der Waals surface area (Å²) < 4.78 is 13.9. The van der Waals surface area contributed by atoms with Gasteiger partial charge in [-0.2, -0.15) is 9.13 Å². The third-order valence-electron chi connectivity index (χ3n) is 12.9. The van der Waals surface area contributed by atoms with Gasteiger partial charge < -0.3 is 8.82 Å². The normalized spacial score (nSPS) is 17.1. The smallest absolute Gasteiger partial charge is 0.218 e. The number of benzene rings is 5. The van der Waals surface area contributed by atoms with Gasteiger partial charge in [0.2, 0.25) is 11.4 Å². The van der Waals surface area contributed by atoms with Crippen LogP contribution in [0.15, 0.2) is 145 Å². The van der Waals surface area contributed by atoms with Crippen LogP contribution in [0.25, 0.3) is 88.2 Å². The van der Waals surface area contributed by atoms with Crippen LogP contribution in [0.1, 0.15) is 62.3 Å². The average Bonchev–Trinajstić information content (AvgIpc) is 3.86. The molecule has 5 aromatic carbocycles. The Morgan fingerprint density at radius 3 is 2.43 bits per heavy atom. The van der Waals surface area contributed by atoms with Crippen LogP contribution in [0.5, 0.6) is 0 Å². The average molecular weight is 726 g/mol. The van der Waals surface area contributed by atoms with Crippen molar-refractivity contribution in [3.63, 3.8) is 0 Å². The molecular formula is C52H43N3O+2. The van der Waals surface area contributed by atoms with E-state index in [1.54, 1.807) is 0 Å². The lowest BCUT2D eigenvalue weighted by Gasteiger charge is -2.31. The van der Waals surface area contributed by atoms with Gasteiger partial charge in [0.25, 0.3) is 0 Å². The number of nitrogens with zero attached hydrogens (tertiary/aromatic N) is 3. The lowest BCUT2D eigenvalue weighted by molar-refractivity contribution is -0.720. The molecule has 10 aromatic rings. The Hall–Kier alpha value is -6.26. The van der Waals surface area contributed by atoms with Crippen LogP contribution in [-0.2, 0) is 12.8 Å². The first-order valence-electron chi connectivity index (χ1n) is 20.2. The van der Waals surface area contributed by atoms with Crippen LogP contribution in [0.2, 0.25) is 0 Å². The third kappa shape index (κ3) is 4.47. The van der Waals surface area contributed by atoms with Gasteiger partial charge in [-0.05, 0) is 90.4 Å². The summed E-state index contributed by atoms with van der Waals surface area (Å²) in [6.45, 7) is 11.9. The second kappa shape index (κ2) is 11.4. The molecular weight excluding hydrogens is 683 g/mol. The highest BCUT2D eigenvalue weighted by atomic mass is 16.3. The number of allylic oxidation sites excluding steroid dienone is 1. The molecule has 2 aliphatic rings. The van der Waals surface area contributed by atoms with Gasteiger partial charge in [-0.3, -0.25) is 0 Å². The van der Waals surface area contributed by atoms with Gasteiger partial charge in [-0.15, -0.1) is 0 Å². The van der Waals surface area contributed by atoms with Crippen LogP contribution < -0.4 is 9.13 Å². The first-order valence-corrected chi connectivity index (χ1v) is 20.2. The first kappa shape index (κ1) is 32.0. The van der Waals surface area contributed by atoms with Crippen molar-refractivity contribution in [2.45, 2.75) is 58.4 Å². The highest BCUT2D eigenvalue weighted by Crippen LogP contribution is 2.47. The van der Waals surface area contributed by atoms with Crippen LogP contribution in [0.3, 0.4) is 0 Å². The fourth-order valence-corrected chi connectivity index (χ4v) is 10.7. The van der Waals surface area contributed by atoms with Crippen molar-refractivity contribution in [2.24, 2.45) is 5.41 Å². The Bertz CT molecular complexity index is 3280. The van der Waals surface area contributed by atoms with E-state index in [1.165, 1.54) is 88.1 Å². The molecule has 270 valence electrons. The minimum absolute atomic E-state index is 0.168. The molecule has 2 atom stereocenters. The SMILES string of the molecule is C=C1CC2C(CCc3cc4c(cc3-c3cc(CC(C)(C)C)cc[n+]31)c1cccc3c5c6c(ccc5n4c13)oc1ccccc16)c1ccccc1-c1cccc[n+]12. The van der Waals surface area contributed by atoms with E-state index in [0.717, 1.165) is 42.5 Å². The van der Waals surface area contributed by atoms with Crippen molar-refractivity contribution in [3.8, 4) is 22.5 Å². The van der Waals surface area contributed by atoms with E-state index in [2.05, 4.69) is 168 Å². The number of hydrogen-bond acceptors (Lipinski definition) is 1. The first-order chi connectivity index (χ1) is 27.3. The van der Waals surface area contributed by atoms with Crippen molar-refractivity contribution >= 4 is 65.7 Å². The highest BCUT2D eigenvalue weighted by Gasteiger charge is 2.42. The van der Waals surface area contributed by atoms with E-state index in [9.17, 15) is 0 Å². The Balaban J connectivity index is 1.15. The maximum absolute atomic E-state index is 6.41. The Labute approximate surface area is 325 Å². The zero-order valence-corrected chi connectivity index (χ0v) is 32.1. The molecule has 56 heavy (non-hydrogen) atoms. The summed E-state index contributed by atoms with van der Waals surface area (Å²) in [5.74, 6) is 0.338. The molecule has 2 unspecified atom stereocenters. The van der Waals surface area contributed by atoms with E-state index < -0.39 is 0 Å². The summed E-state index contributed by atoms with van der Waals surface area (Å²) in [4.78, 5) is 0. The molecule has 0 fully saturated rings. The zero-order chi connectivity index (χ0) is 37.4. The maximum Gasteiger partial charge on any atom is 0.218 e. The fraction of sp³-hybridized carbons (Fsp3) is 0.192. The molecule has 0 amide bonds. The van der Waals surface area contributed by atoms with Gasteiger partial charge in [0, 0.05) is 68.1 Å². The summed E-state index contributed by atoms with van der Waals surface area (Å²) in [7, 11) is 0. The lowest BCUT2D eigenvalue weighted by atomic mass is 9.77. The standard InChI is InChI=1S/C52H43N3O/c1-31-26-44-36(34-12-5-6-13-35(34)42-17-9-10-24-54(42)44)20-19-33-28-46-41(29-40(33)45-27-32(23-25-53(31)45)30-52(2,3)4)37-15-11-16-39-49-43(55(46)51(37)39)21-22-48-50(49)38-14-7-8-18-47(38)56-48/h5-18,21-25,27-29,36,44H,1,19-20,26,30H2,2-4H3/q+2. The summed E-state index contributed by atoms with van der Waals surface area (Å²) >= 11 is 0. The van der Waals surface area contributed by atoms with Gasteiger partial charge >= 0.3 is 0 Å². The highest BCUT2D eigenvalue weighted by molar-refractivity contribution is 6.32. The van der Waals surface area contributed by atoms with E-state index >= 15 is 0 Å². The van der Waals surface area contributed by atoms with Crippen LogP contribution in [0.4, 0.5) is 0 Å². The quantitative estimate of drug-likeness (QED) is 0.155. The minimum Gasteiger partial charge on any atom is -0.456 e. The van der Waals surface area contributed by atoms with E-state index in [-0.39, 0.29) is 11.5 Å². The number of fused-ring (bicyclic) bond motifs is 19. The number of aromatic nitrogens is 3.